The van der Waals surface area contributed by atoms with Crippen molar-refractivity contribution in [3.63, 3.8) is 0 Å². The van der Waals surface area contributed by atoms with Gasteiger partial charge >= 0.3 is 5.97 Å². The number of carbonyl (C=O) groups is 1. The molecule has 0 unspecified atom stereocenters. The summed E-state index contributed by atoms with van der Waals surface area (Å²) in [5.74, 6) is 0.302. The van der Waals surface area contributed by atoms with Gasteiger partial charge in [0.05, 0.1) is 20.5 Å². The van der Waals surface area contributed by atoms with Gasteiger partial charge in [-0.15, -0.1) is 0 Å². The average molecular weight is 315 g/mol. The highest BCUT2D eigenvalue weighted by Gasteiger charge is 2.23. The second-order valence-corrected chi connectivity index (χ2v) is 6.13. The van der Waals surface area contributed by atoms with E-state index in [-0.39, 0.29) is 5.41 Å². The summed E-state index contributed by atoms with van der Waals surface area (Å²) < 4.78 is 15.3. The van der Waals surface area contributed by atoms with Crippen LogP contribution in [0.15, 0.2) is 41.1 Å². The first kappa shape index (κ1) is 16.8. The van der Waals surface area contributed by atoms with E-state index in [9.17, 15) is 4.79 Å². The summed E-state index contributed by atoms with van der Waals surface area (Å²) in [6.45, 7) is 6.15. The fourth-order valence-electron chi connectivity index (χ4n) is 2.15. The van der Waals surface area contributed by atoms with Crippen molar-refractivity contribution >= 4 is 11.5 Å². The average Bonchev–Trinajstić information content (AvgIpc) is 3.02. The Hall–Kier alpha value is -2.56. The number of hydrogen-bond donors (Lipinski definition) is 0. The third-order valence-corrected chi connectivity index (χ3v) is 3.38. The molecule has 0 aliphatic carbocycles. The lowest BCUT2D eigenvalue weighted by Crippen LogP contribution is -2.09. The Bertz CT molecular complexity index is 723. The van der Waals surface area contributed by atoms with Crippen LogP contribution in [0.25, 0.3) is 16.8 Å². The first-order valence-corrected chi connectivity index (χ1v) is 7.26. The first-order chi connectivity index (χ1) is 10.9. The molecule has 1 aromatic heterocycles. The van der Waals surface area contributed by atoms with Crippen LogP contribution in [0.2, 0.25) is 0 Å². The highest BCUT2D eigenvalue weighted by molar-refractivity contribution is 6.17. The fraction of sp³-hybridized carbons (Fsp3) is 0.333. The number of hydrogen-bond acceptors (Lipinski definition) is 5. The molecule has 0 bridgehead atoms. The SMILES string of the molecule is COC=C(C(=O)OC)c1ccccc1-c1cc(C(C)(C)C)on1. The molecule has 0 saturated carbocycles. The van der Waals surface area contributed by atoms with E-state index >= 15 is 0 Å². The molecule has 2 aromatic rings. The van der Waals surface area contributed by atoms with Gasteiger partial charge in [-0.3, -0.25) is 0 Å². The van der Waals surface area contributed by atoms with Gasteiger partial charge in [-0.05, 0) is 0 Å². The number of rotatable bonds is 4. The van der Waals surface area contributed by atoms with Crippen molar-refractivity contribution in [2.45, 2.75) is 26.2 Å². The van der Waals surface area contributed by atoms with Crippen molar-refractivity contribution in [2.75, 3.05) is 14.2 Å². The molecular formula is C18H21NO4. The van der Waals surface area contributed by atoms with Gasteiger partial charge in [0.2, 0.25) is 0 Å². The van der Waals surface area contributed by atoms with E-state index in [1.807, 2.05) is 51.1 Å². The molecule has 2 rings (SSSR count). The second kappa shape index (κ2) is 6.69. The van der Waals surface area contributed by atoms with E-state index in [0.29, 0.717) is 16.8 Å². The number of esters is 1. The summed E-state index contributed by atoms with van der Waals surface area (Å²) in [4.78, 5) is 12.0. The van der Waals surface area contributed by atoms with Crippen molar-refractivity contribution in [1.29, 1.82) is 0 Å². The Morgan fingerprint density at radius 3 is 2.48 bits per heavy atom. The number of aromatic nitrogens is 1. The third kappa shape index (κ3) is 3.62. The molecule has 0 atom stereocenters. The molecule has 0 amide bonds. The molecule has 122 valence electrons. The maximum absolute atomic E-state index is 12.0. The lowest BCUT2D eigenvalue weighted by Gasteiger charge is -2.12. The Morgan fingerprint density at radius 1 is 1.22 bits per heavy atom. The minimum absolute atomic E-state index is 0.145. The Labute approximate surface area is 135 Å². The predicted octanol–water partition coefficient (Wildman–Crippen LogP) is 3.80. The normalized spacial score (nSPS) is 12.1. The minimum Gasteiger partial charge on any atom is -0.503 e. The third-order valence-electron chi connectivity index (χ3n) is 3.38. The number of nitrogens with zero attached hydrogens (tertiary/aromatic N) is 1. The molecule has 0 fully saturated rings. The smallest absolute Gasteiger partial charge is 0.341 e. The lowest BCUT2D eigenvalue weighted by molar-refractivity contribution is -0.133. The highest BCUT2D eigenvalue weighted by Crippen LogP contribution is 2.32. The first-order valence-electron chi connectivity index (χ1n) is 7.26. The largest absolute Gasteiger partial charge is 0.503 e. The molecule has 0 aliphatic heterocycles. The number of carbonyl (C=O) groups excluding carboxylic acids is 1. The second-order valence-electron chi connectivity index (χ2n) is 6.13. The van der Waals surface area contributed by atoms with Gasteiger partial charge < -0.3 is 14.0 Å². The van der Waals surface area contributed by atoms with Crippen molar-refractivity contribution in [1.82, 2.24) is 5.16 Å². The fourth-order valence-corrected chi connectivity index (χ4v) is 2.15. The molecule has 0 saturated heterocycles. The van der Waals surface area contributed by atoms with E-state index in [4.69, 9.17) is 14.0 Å². The van der Waals surface area contributed by atoms with Crippen LogP contribution in [0.3, 0.4) is 0 Å². The van der Waals surface area contributed by atoms with Crippen LogP contribution in [0.1, 0.15) is 32.1 Å². The molecule has 0 spiro atoms. The van der Waals surface area contributed by atoms with Crippen LogP contribution in [0, 0.1) is 0 Å². The zero-order valence-electron chi connectivity index (χ0n) is 14.0. The van der Waals surface area contributed by atoms with Crippen LogP contribution >= 0.6 is 0 Å². The van der Waals surface area contributed by atoms with Gasteiger partial charge in [-0.2, -0.15) is 0 Å². The van der Waals surface area contributed by atoms with Crippen molar-refractivity contribution < 1.29 is 18.8 Å². The van der Waals surface area contributed by atoms with E-state index in [1.165, 1.54) is 20.5 Å². The summed E-state index contributed by atoms with van der Waals surface area (Å²) in [7, 11) is 2.82. The standard InChI is InChI=1S/C18H21NO4/c1-18(2,3)16-10-15(19-23-16)13-9-7-6-8-12(13)14(11-21-4)17(20)22-5/h6-11H,1-5H3. The Kier molecular flexibility index (Phi) is 4.89. The molecule has 0 aliphatic rings. The molecule has 5 nitrogen and oxygen atoms in total. The van der Waals surface area contributed by atoms with Gasteiger partial charge in [0, 0.05) is 22.6 Å². The van der Waals surface area contributed by atoms with Gasteiger partial charge in [-0.25, -0.2) is 4.79 Å². The van der Waals surface area contributed by atoms with Crippen LogP contribution in [0.5, 0.6) is 0 Å². The van der Waals surface area contributed by atoms with Crippen LogP contribution in [-0.2, 0) is 19.7 Å². The monoisotopic (exact) mass is 315 g/mol. The molecule has 1 heterocycles. The van der Waals surface area contributed by atoms with E-state index < -0.39 is 5.97 Å². The summed E-state index contributed by atoms with van der Waals surface area (Å²) in [6.07, 6.45) is 1.37. The van der Waals surface area contributed by atoms with E-state index in [0.717, 1.165) is 11.3 Å². The quantitative estimate of drug-likeness (QED) is 0.488. The predicted molar refractivity (Wildman–Crippen MR) is 87.6 cm³/mol. The van der Waals surface area contributed by atoms with E-state index in [2.05, 4.69) is 5.16 Å². The van der Waals surface area contributed by atoms with Crippen molar-refractivity contribution in [3.05, 3.63) is 47.9 Å². The van der Waals surface area contributed by atoms with Gasteiger partial charge in [0.1, 0.15) is 17.0 Å². The maximum atomic E-state index is 12.0. The molecule has 23 heavy (non-hydrogen) atoms. The van der Waals surface area contributed by atoms with Crippen LogP contribution in [-0.4, -0.2) is 25.3 Å². The van der Waals surface area contributed by atoms with Gasteiger partial charge in [0.25, 0.3) is 0 Å². The van der Waals surface area contributed by atoms with Gasteiger partial charge in [0.15, 0.2) is 0 Å². The Balaban J connectivity index is 2.55. The maximum Gasteiger partial charge on any atom is 0.341 e. The summed E-state index contributed by atoms with van der Waals surface area (Å²) in [5, 5.41) is 4.15. The van der Waals surface area contributed by atoms with Crippen molar-refractivity contribution in [2.24, 2.45) is 0 Å². The molecule has 1 aromatic carbocycles. The molecule has 0 radical (unpaired) electrons. The zero-order valence-corrected chi connectivity index (χ0v) is 14.0. The molecule has 5 heteroatoms. The van der Waals surface area contributed by atoms with Gasteiger partial charge in [-0.1, -0.05) is 50.2 Å². The zero-order chi connectivity index (χ0) is 17.0. The van der Waals surface area contributed by atoms with E-state index in [1.54, 1.807) is 0 Å². The summed E-state index contributed by atoms with van der Waals surface area (Å²) >= 11 is 0. The molecular weight excluding hydrogens is 294 g/mol. The minimum atomic E-state index is -0.473. The van der Waals surface area contributed by atoms with Crippen molar-refractivity contribution in [3.8, 4) is 11.3 Å². The number of ether oxygens (including phenoxy) is 2. The van der Waals surface area contributed by atoms with Crippen LogP contribution in [0.4, 0.5) is 0 Å². The lowest BCUT2D eigenvalue weighted by atomic mass is 9.92. The highest BCUT2D eigenvalue weighted by atomic mass is 16.5. The summed E-state index contributed by atoms with van der Waals surface area (Å²) in [6, 6.07) is 9.32. The number of benzene rings is 1. The topological polar surface area (TPSA) is 61.6 Å². The summed E-state index contributed by atoms with van der Waals surface area (Å²) in [5.41, 5.74) is 2.30. The Morgan fingerprint density at radius 2 is 1.91 bits per heavy atom. The number of methoxy groups -OCH3 is 2. The van der Waals surface area contributed by atoms with Crippen LogP contribution < -0.4 is 0 Å². The molecule has 0 N–H and O–H groups in total.